The number of aliphatic hydroxyl groups excluding tert-OH is 1. The molecule has 2 rings (SSSR count). The first-order valence-electron chi connectivity index (χ1n) is 7.45. The molecule has 116 valence electrons. The molecule has 0 fully saturated rings. The van der Waals surface area contributed by atoms with E-state index in [2.05, 4.69) is 10.6 Å². The summed E-state index contributed by atoms with van der Waals surface area (Å²) in [5.74, 6) is 0. The van der Waals surface area contributed by atoms with Crippen LogP contribution >= 0.6 is 11.6 Å². The molecule has 2 unspecified atom stereocenters. The molecule has 4 nitrogen and oxygen atoms in total. The van der Waals surface area contributed by atoms with Gasteiger partial charge in [-0.3, -0.25) is 0 Å². The number of carbonyl (C=O) groups excluding carboxylic acids is 1. The van der Waals surface area contributed by atoms with Crippen LogP contribution in [-0.2, 0) is 6.42 Å². The van der Waals surface area contributed by atoms with E-state index in [9.17, 15) is 4.79 Å². The molecule has 1 aromatic carbocycles. The van der Waals surface area contributed by atoms with Crippen LogP contribution < -0.4 is 10.6 Å². The molecule has 0 saturated carbocycles. The largest absolute Gasteiger partial charge is 0.396 e. The van der Waals surface area contributed by atoms with Crippen molar-refractivity contribution in [3.05, 3.63) is 34.3 Å². The maximum Gasteiger partial charge on any atom is 0.315 e. The Balaban J connectivity index is 1.99. The Kier molecular flexibility index (Phi) is 5.12. The Morgan fingerprint density at radius 1 is 1.52 bits per heavy atom. The van der Waals surface area contributed by atoms with Crippen LogP contribution in [-0.4, -0.2) is 23.3 Å². The van der Waals surface area contributed by atoms with E-state index in [1.54, 1.807) is 0 Å². The topological polar surface area (TPSA) is 61.4 Å². The highest BCUT2D eigenvalue weighted by Gasteiger charge is 2.27. The van der Waals surface area contributed by atoms with Gasteiger partial charge in [-0.15, -0.1) is 0 Å². The van der Waals surface area contributed by atoms with E-state index < -0.39 is 0 Å². The van der Waals surface area contributed by atoms with Crippen LogP contribution in [0.25, 0.3) is 0 Å². The van der Waals surface area contributed by atoms with Gasteiger partial charge in [0.15, 0.2) is 0 Å². The van der Waals surface area contributed by atoms with Crippen molar-refractivity contribution < 1.29 is 9.90 Å². The first-order valence-corrected chi connectivity index (χ1v) is 7.83. The summed E-state index contributed by atoms with van der Waals surface area (Å²) >= 11 is 5.99. The number of rotatable bonds is 5. The number of carbonyl (C=O) groups is 1. The van der Waals surface area contributed by atoms with E-state index in [4.69, 9.17) is 16.7 Å². The van der Waals surface area contributed by atoms with Gasteiger partial charge < -0.3 is 15.7 Å². The number of urea groups is 1. The second-order valence-electron chi connectivity index (χ2n) is 5.92. The van der Waals surface area contributed by atoms with Crippen LogP contribution in [0.15, 0.2) is 18.2 Å². The number of nitrogens with one attached hydrogen (secondary N) is 2. The molecule has 0 radical (unpaired) electrons. The first kappa shape index (κ1) is 16.1. The summed E-state index contributed by atoms with van der Waals surface area (Å²) in [6, 6.07) is 5.68. The predicted octanol–water partition coefficient (Wildman–Crippen LogP) is 3.18. The van der Waals surface area contributed by atoms with Crippen LogP contribution in [0.5, 0.6) is 0 Å². The summed E-state index contributed by atoms with van der Waals surface area (Å²) in [6.07, 6.45) is 3.15. The minimum absolute atomic E-state index is 0.0347. The third kappa shape index (κ3) is 3.89. The highest BCUT2D eigenvalue weighted by molar-refractivity contribution is 6.30. The zero-order valence-corrected chi connectivity index (χ0v) is 13.3. The van der Waals surface area contributed by atoms with Crippen molar-refractivity contribution in [3.63, 3.8) is 0 Å². The number of amides is 2. The molecule has 0 bridgehead atoms. The third-order valence-electron chi connectivity index (χ3n) is 4.35. The van der Waals surface area contributed by atoms with E-state index in [0.717, 1.165) is 29.8 Å². The molecule has 1 aromatic rings. The molecule has 1 aliphatic carbocycles. The minimum Gasteiger partial charge on any atom is -0.396 e. The summed E-state index contributed by atoms with van der Waals surface area (Å²) in [7, 11) is 0. The number of fused-ring (bicyclic) bond motifs is 1. The molecule has 0 aromatic heterocycles. The summed E-state index contributed by atoms with van der Waals surface area (Å²) in [6.45, 7) is 4.02. The summed E-state index contributed by atoms with van der Waals surface area (Å²) in [5.41, 5.74) is 1.98. The Hall–Kier alpha value is -1.26. The molecule has 1 aliphatic rings. The maximum atomic E-state index is 12.2. The van der Waals surface area contributed by atoms with Crippen molar-refractivity contribution in [2.24, 2.45) is 0 Å². The molecule has 0 heterocycles. The molecule has 3 N–H and O–H groups in total. The van der Waals surface area contributed by atoms with Crippen molar-refractivity contribution in [1.82, 2.24) is 10.6 Å². The van der Waals surface area contributed by atoms with Gasteiger partial charge in [0.05, 0.1) is 6.04 Å². The molecule has 21 heavy (non-hydrogen) atoms. The molecule has 0 saturated heterocycles. The number of aliphatic hydroxyl groups is 1. The quantitative estimate of drug-likeness (QED) is 0.782. The van der Waals surface area contributed by atoms with Crippen LogP contribution in [0.3, 0.4) is 0 Å². The Morgan fingerprint density at radius 2 is 2.29 bits per heavy atom. The molecular formula is C16H23ClN2O2. The highest BCUT2D eigenvalue weighted by atomic mass is 35.5. The fraction of sp³-hybridized carbons (Fsp3) is 0.562. The molecular weight excluding hydrogens is 288 g/mol. The zero-order chi connectivity index (χ0) is 15.5. The van der Waals surface area contributed by atoms with Crippen molar-refractivity contribution in [3.8, 4) is 0 Å². The lowest BCUT2D eigenvalue weighted by molar-refractivity contribution is 0.198. The van der Waals surface area contributed by atoms with Crippen molar-refractivity contribution in [1.29, 1.82) is 0 Å². The zero-order valence-electron chi connectivity index (χ0n) is 12.6. The first-order chi connectivity index (χ1) is 9.97. The lowest BCUT2D eigenvalue weighted by Gasteiger charge is -2.30. The Bertz CT molecular complexity index is 521. The standard InChI is InChI=1S/C16H23ClN2O2/c1-3-16(2,8-9-20)19-15(21)18-14-7-4-11-10-12(17)5-6-13(11)14/h5-6,10,14,20H,3-4,7-9H2,1-2H3,(H2,18,19,21). The number of aryl methyl sites for hydroxylation is 1. The van der Waals surface area contributed by atoms with Gasteiger partial charge in [-0.1, -0.05) is 24.6 Å². The van der Waals surface area contributed by atoms with Crippen LogP contribution in [0.4, 0.5) is 4.79 Å². The van der Waals surface area contributed by atoms with E-state index >= 15 is 0 Å². The van der Waals surface area contributed by atoms with Crippen LogP contribution in [0.2, 0.25) is 5.02 Å². The average molecular weight is 311 g/mol. The van der Waals surface area contributed by atoms with Crippen molar-refractivity contribution in [2.75, 3.05) is 6.61 Å². The summed E-state index contributed by atoms with van der Waals surface area (Å²) in [5, 5.41) is 15.8. The normalized spacial score (nSPS) is 19.7. The van der Waals surface area contributed by atoms with Gasteiger partial charge in [0, 0.05) is 17.2 Å². The number of hydrogen-bond acceptors (Lipinski definition) is 2. The SMILES string of the molecule is CCC(C)(CCO)NC(=O)NC1CCc2cc(Cl)ccc21. The lowest BCUT2D eigenvalue weighted by atomic mass is 9.95. The number of hydrogen-bond donors (Lipinski definition) is 3. The third-order valence-corrected chi connectivity index (χ3v) is 4.58. The van der Waals surface area contributed by atoms with Crippen molar-refractivity contribution in [2.45, 2.75) is 51.1 Å². The Labute approximate surface area is 130 Å². The highest BCUT2D eigenvalue weighted by Crippen LogP contribution is 2.32. The summed E-state index contributed by atoms with van der Waals surface area (Å²) in [4.78, 5) is 12.2. The van der Waals surface area contributed by atoms with Gasteiger partial charge in [0.1, 0.15) is 0 Å². The van der Waals surface area contributed by atoms with E-state index in [-0.39, 0.29) is 24.2 Å². The minimum atomic E-state index is -0.375. The fourth-order valence-electron chi connectivity index (χ4n) is 2.78. The second-order valence-corrected chi connectivity index (χ2v) is 6.36. The Morgan fingerprint density at radius 3 is 2.95 bits per heavy atom. The second kappa shape index (κ2) is 6.67. The van der Waals surface area contributed by atoms with Gasteiger partial charge in [-0.05, 0) is 55.9 Å². The lowest BCUT2D eigenvalue weighted by Crippen LogP contribution is -2.50. The van der Waals surface area contributed by atoms with E-state index in [1.807, 2.05) is 32.0 Å². The maximum absolute atomic E-state index is 12.2. The number of benzene rings is 1. The summed E-state index contributed by atoms with van der Waals surface area (Å²) < 4.78 is 0. The van der Waals surface area contributed by atoms with Crippen LogP contribution in [0.1, 0.15) is 50.3 Å². The molecule has 2 amide bonds. The van der Waals surface area contributed by atoms with Gasteiger partial charge in [0.2, 0.25) is 0 Å². The van der Waals surface area contributed by atoms with Gasteiger partial charge in [-0.2, -0.15) is 0 Å². The molecule has 0 aliphatic heterocycles. The molecule has 5 heteroatoms. The van der Waals surface area contributed by atoms with Gasteiger partial charge in [0.25, 0.3) is 0 Å². The van der Waals surface area contributed by atoms with Crippen LogP contribution in [0, 0.1) is 0 Å². The monoisotopic (exact) mass is 310 g/mol. The fourth-order valence-corrected chi connectivity index (χ4v) is 2.97. The molecule has 2 atom stereocenters. The molecule has 0 spiro atoms. The smallest absolute Gasteiger partial charge is 0.315 e. The van der Waals surface area contributed by atoms with Gasteiger partial charge in [-0.25, -0.2) is 4.79 Å². The van der Waals surface area contributed by atoms with Gasteiger partial charge >= 0.3 is 6.03 Å². The number of halogens is 1. The van der Waals surface area contributed by atoms with E-state index in [1.165, 1.54) is 5.56 Å². The van der Waals surface area contributed by atoms with Crippen molar-refractivity contribution >= 4 is 17.6 Å². The van der Waals surface area contributed by atoms with E-state index in [0.29, 0.717) is 6.42 Å². The average Bonchev–Trinajstić information content (AvgIpc) is 2.81. The predicted molar refractivity (Wildman–Crippen MR) is 84.6 cm³/mol.